The maximum Gasteiger partial charge on any atom is 0.308 e. The van der Waals surface area contributed by atoms with Crippen molar-refractivity contribution < 1.29 is 23.9 Å². The van der Waals surface area contributed by atoms with Gasteiger partial charge in [-0.1, -0.05) is 48.5 Å². The molecule has 6 nitrogen and oxygen atoms in total. The molecule has 0 fully saturated rings. The van der Waals surface area contributed by atoms with Crippen LogP contribution in [0.25, 0.3) is 0 Å². The molecule has 0 spiro atoms. The van der Waals surface area contributed by atoms with Crippen molar-refractivity contribution in [1.29, 1.82) is 0 Å². The second kappa shape index (κ2) is 10.4. The average Bonchev–Trinajstić information content (AvgIpc) is 3.33. The Hall–Kier alpha value is -3.45. The monoisotopic (exact) mass is 423 g/mol. The van der Waals surface area contributed by atoms with Gasteiger partial charge >= 0.3 is 5.97 Å². The minimum Gasteiger partial charge on any atom is -0.497 e. The molecule has 1 aromatic heterocycles. The molecule has 154 valence electrons. The number of carbonyl (C=O) groups excluding carboxylic acids is 3. The molecule has 3 rings (SSSR count). The molecular weight excluding hydrogens is 402 g/mol. The highest BCUT2D eigenvalue weighted by Gasteiger charge is 2.21. The number of carbonyl (C=O) groups is 3. The second-order valence-corrected chi connectivity index (χ2v) is 7.38. The van der Waals surface area contributed by atoms with E-state index >= 15 is 0 Å². The molecule has 0 bridgehead atoms. The lowest BCUT2D eigenvalue weighted by molar-refractivity contribution is -0.143. The topological polar surface area (TPSA) is 81.7 Å². The van der Waals surface area contributed by atoms with Crippen LogP contribution in [0.4, 0.5) is 0 Å². The Balaban J connectivity index is 1.66. The molecule has 1 amide bonds. The van der Waals surface area contributed by atoms with E-state index in [-0.39, 0.29) is 24.7 Å². The van der Waals surface area contributed by atoms with Gasteiger partial charge in [0, 0.05) is 5.56 Å². The van der Waals surface area contributed by atoms with Gasteiger partial charge in [0.1, 0.15) is 5.75 Å². The largest absolute Gasteiger partial charge is 0.497 e. The summed E-state index contributed by atoms with van der Waals surface area (Å²) in [5.74, 6) is -0.476. The van der Waals surface area contributed by atoms with Crippen molar-refractivity contribution >= 4 is 29.0 Å². The van der Waals surface area contributed by atoms with Crippen molar-refractivity contribution in [1.82, 2.24) is 5.32 Å². The highest BCUT2D eigenvalue weighted by Crippen LogP contribution is 2.22. The lowest BCUT2D eigenvalue weighted by Crippen LogP contribution is -2.30. The molecule has 1 N–H and O–H groups in total. The SMILES string of the molecule is COc1ccc(C(CC(=O)OCC(=O)c2ccccc2)NC(=O)c2cccs2)cc1. The van der Waals surface area contributed by atoms with Crippen LogP contribution in [-0.4, -0.2) is 31.4 Å². The summed E-state index contributed by atoms with van der Waals surface area (Å²) in [6.07, 6.45) is -0.106. The average molecular weight is 423 g/mol. The van der Waals surface area contributed by atoms with Crippen LogP contribution in [0.15, 0.2) is 72.1 Å². The fourth-order valence-electron chi connectivity index (χ4n) is 2.80. The Morgan fingerprint density at radius 3 is 2.33 bits per heavy atom. The Labute approximate surface area is 178 Å². The predicted octanol–water partition coefficient (Wildman–Crippen LogP) is 4.04. The smallest absolute Gasteiger partial charge is 0.308 e. The zero-order valence-electron chi connectivity index (χ0n) is 16.4. The van der Waals surface area contributed by atoms with Crippen molar-refractivity contribution in [2.75, 3.05) is 13.7 Å². The van der Waals surface area contributed by atoms with E-state index in [0.29, 0.717) is 16.2 Å². The number of ketones is 1. The van der Waals surface area contributed by atoms with Crippen molar-refractivity contribution in [3.05, 3.63) is 88.1 Å². The molecule has 0 saturated heterocycles. The number of ether oxygens (including phenoxy) is 2. The van der Waals surface area contributed by atoms with Crippen molar-refractivity contribution in [3.8, 4) is 5.75 Å². The van der Waals surface area contributed by atoms with E-state index < -0.39 is 12.0 Å². The van der Waals surface area contributed by atoms with Crippen LogP contribution in [0.2, 0.25) is 0 Å². The Kier molecular flexibility index (Phi) is 7.34. The first-order valence-electron chi connectivity index (χ1n) is 9.29. The molecule has 1 unspecified atom stereocenters. The van der Waals surface area contributed by atoms with Crippen LogP contribution in [0, 0.1) is 0 Å². The van der Waals surface area contributed by atoms with Gasteiger partial charge in [-0.3, -0.25) is 14.4 Å². The summed E-state index contributed by atoms with van der Waals surface area (Å²) in [7, 11) is 1.56. The first-order valence-corrected chi connectivity index (χ1v) is 10.2. The molecule has 7 heteroatoms. The molecule has 0 aliphatic carbocycles. The number of Topliss-reactive ketones (excluding diaryl/α,β-unsaturated/α-hetero) is 1. The Morgan fingerprint density at radius 1 is 0.967 bits per heavy atom. The molecule has 1 atom stereocenters. The summed E-state index contributed by atoms with van der Waals surface area (Å²) in [6.45, 7) is -0.350. The van der Waals surface area contributed by atoms with Gasteiger partial charge in [0.25, 0.3) is 5.91 Å². The first kappa shape index (κ1) is 21.3. The van der Waals surface area contributed by atoms with Gasteiger partial charge in [-0.2, -0.15) is 0 Å². The number of esters is 1. The standard InChI is InChI=1S/C23H21NO5S/c1-28-18-11-9-16(10-12-18)19(24-23(27)21-8-5-13-30-21)14-22(26)29-15-20(25)17-6-3-2-4-7-17/h2-13,19H,14-15H2,1H3,(H,24,27). The van der Waals surface area contributed by atoms with E-state index in [4.69, 9.17) is 9.47 Å². The van der Waals surface area contributed by atoms with E-state index in [2.05, 4.69) is 5.32 Å². The maximum atomic E-state index is 12.5. The third-order valence-corrected chi connectivity index (χ3v) is 5.27. The normalized spacial score (nSPS) is 11.4. The van der Waals surface area contributed by atoms with Gasteiger partial charge in [0.2, 0.25) is 0 Å². The molecule has 0 aliphatic rings. The zero-order chi connectivity index (χ0) is 21.3. The summed E-state index contributed by atoms with van der Waals surface area (Å²) in [6, 6.07) is 18.6. The first-order chi connectivity index (χ1) is 14.6. The summed E-state index contributed by atoms with van der Waals surface area (Å²) in [5, 5.41) is 4.67. The van der Waals surface area contributed by atoms with Gasteiger partial charge in [0.15, 0.2) is 12.4 Å². The van der Waals surface area contributed by atoms with Gasteiger partial charge in [-0.25, -0.2) is 0 Å². The quantitative estimate of drug-likeness (QED) is 0.415. The van der Waals surface area contributed by atoms with Crippen molar-refractivity contribution in [3.63, 3.8) is 0 Å². The minimum absolute atomic E-state index is 0.106. The van der Waals surface area contributed by atoms with Crippen molar-refractivity contribution in [2.45, 2.75) is 12.5 Å². The number of methoxy groups -OCH3 is 1. The fourth-order valence-corrected chi connectivity index (χ4v) is 3.43. The summed E-state index contributed by atoms with van der Waals surface area (Å²) < 4.78 is 10.3. The van der Waals surface area contributed by atoms with Crippen LogP contribution < -0.4 is 10.1 Å². The second-order valence-electron chi connectivity index (χ2n) is 6.43. The highest BCUT2D eigenvalue weighted by molar-refractivity contribution is 7.12. The van der Waals surface area contributed by atoms with Gasteiger partial charge < -0.3 is 14.8 Å². The Morgan fingerprint density at radius 2 is 1.70 bits per heavy atom. The molecule has 30 heavy (non-hydrogen) atoms. The van der Waals surface area contributed by atoms with E-state index in [9.17, 15) is 14.4 Å². The third kappa shape index (κ3) is 5.78. The van der Waals surface area contributed by atoms with Gasteiger partial charge in [0.05, 0.1) is 24.4 Å². The van der Waals surface area contributed by atoms with Crippen LogP contribution >= 0.6 is 11.3 Å². The van der Waals surface area contributed by atoms with E-state index in [1.165, 1.54) is 11.3 Å². The molecular formula is C23H21NO5S. The minimum atomic E-state index is -0.607. The molecule has 2 aromatic carbocycles. The Bertz CT molecular complexity index is 984. The van der Waals surface area contributed by atoms with Crippen molar-refractivity contribution in [2.24, 2.45) is 0 Å². The van der Waals surface area contributed by atoms with Gasteiger partial charge in [-0.15, -0.1) is 11.3 Å². The lowest BCUT2D eigenvalue weighted by atomic mass is 10.0. The van der Waals surface area contributed by atoms with Crippen LogP contribution in [0.5, 0.6) is 5.75 Å². The molecule has 0 saturated carbocycles. The molecule has 3 aromatic rings. The van der Waals surface area contributed by atoms with Crippen LogP contribution in [0.1, 0.15) is 38.1 Å². The summed E-state index contributed by atoms with van der Waals surface area (Å²) in [4.78, 5) is 37.6. The number of thiophene rings is 1. The lowest BCUT2D eigenvalue weighted by Gasteiger charge is -2.18. The highest BCUT2D eigenvalue weighted by atomic mass is 32.1. The number of hydrogen-bond donors (Lipinski definition) is 1. The van der Waals surface area contributed by atoms with E-state index in [1.807, 2.05) is 0 Å². The number of hydrogen-bond acceptors (Lipinski definition) is 6. The molecule has 0 aliphatic heterocycles. The fraction of sp³-hybridized carbons (Fsp3) is 0.174. The van der Waals surface area contributed by atoms with Crippen LogP contribution in [-0.2, 0) is 9.53 Å². The third-order valence-electron chi connectivity index (χ3n) is 4.40. The van der Waals surface area contributed by atoms with Crippen LogP contribution in [0.3, 0.4) is 0 Å². The number of amides is 1. The zero-order valence-corrected chi connectivity index (χ0v) is 17.2. The summed E-state index contributed by atoms with van der Waals surface area (Å²) in [5.41, 5.74) is 1.20. The predicted molar refractivity (Wildman–Crippen MR) is 114 cm³/mol. The maximum absolute atomic E-state index is 12.5. The van der Waals surface area contributed by atoms with E-state index in [0.717, 1.165) is 5.56 Å². The van der Waals surface area contributed by atoms with E-state index in [1.54, 1.807) is 79.2 Å². The van der Waals surface area contributed by atoms with Gasteiger partial charge in [-0.05, 0) is 29.1 Å². The number of benzene rings is 2. The molecule has 0 radical (unpaired) electrons. The number of nitrogens with one attached hydrogen (secondary N) is 1. The number of rotatable bonds is 9. The molecule has 1 heterocycles. The summed E-state index contributed by atoms with van der Waals surface area (Å²) >= 11 is 1.31.